The molecular weight excluding hydrogens is 274 g/mol. The molecule has 0 aliphatic carbocycles. The predicted octanol–water partition coefficient (Wildman–Crippen LogP) is 2.47. The van der Waals surface area contributed by atoms with Crippen molar-refractivity contribution in [1.82, 2.24) is 9.78 Å². The van der Waals surface area contributed by atoms with Gasteiger partial charge in [-0.25, -0.2) is 4.39 Å². The van der Waals surface area contributed by atoms with E-state index in [1.807, 2.05) is 27.7 Å². The standard InChI is InChI=1S/C14H22BFN2O3/c1-13(2)14(3,4)21-15(20-13)12(16)8-11-9-17-18(10-11)6-7-19-5/h8-10H,6-7H2,1-5H3. The summed E-state index contributed by atoms with van der Waals surface area (Å²) in [5.74, 6) is 0. The van der Waals surface area contributed by atoms with Gasteiger partial charge in [0.1, 0.15) is 5.73 Å². The summed E-state index contributed by atoms with van der Waals surface area (Å²) in [6, 6.07) is 0. The van der Waals surface area contributed by atoms with Crippen molar-refractivity contribution in [3.8, 4) is 0 Å². The van der Waals surface area contributed by atoms with Crippen LogP contribution in [0.2, 0.25) is 0 Å². The molecule has 7 heteroatoms. The van der Waals surface area contributed by atoms with Crippen LogP contribution in [0.3, 0.4) is 0 Å². The first kappa shape index (κ1) is 16.2. The number of rotatable bonds is 5. The lowest BCUT2D eigenvalue weighted by atomic mass is 9.87. The highest BCUT2D eigenvalue weighted by Gasteiger charge is 2.53. The van der Waals surface area contributed by atoms with Gasteiger partial charge in [-0.3, -0.25) is 4.68 Å². The van der Waals surface area contributed by atoms with Gasteiger partial charge in [-0.05, 0) is 33.8 Å². The number of ether oxygens (including phenoxy) is 1. The van der Waals surface area contributed by atoms with Gasteiger partial charge >= 0.3 is 7.12 Å². The fraction of sp³-hybridized carbons (Fsp3) is 0.643. The SMILES string of the molecule is COCCn1cc(C=C(F)B2OC(C)(C)C(C)(C)O2)cn1. The average Bonchev–Trinajstić information content (AvgIpc) is 2.90. The zero-order valence-electron chi connectivity index (χ0n) is 13.2. The summed E-state index contributed by atoms with van der Waals surface area (Å²) < 4.78 is 32.3. The molecule has 1 aromatic rings. The summed E-state index contributed by atoms with van der Waals surface area (Å²) in [6.07, 6.45) is 4.74. The van der Waals surface area contributed by atoms with E-state index in [0.29, 0.717) is 18.7 Å². The van der Waals surface area contributed by atoms with Crippen LogP contribution in [-0.2, 0) is 20.6 Å². The van der Waals surface area contributed by atoms with Crippen LogP contribution in [0.1, 0.15) is 33.3 Å². The van der Waals surface area contributed by atoms with Crippen molar-refractivity contribution in [2.24, 2.45) is 0 Å². The Bertz CT molecular complexity index is 512. The predicted molar refractivity (Wildman–Crippen MR) is 79.3 cm³/mol. The van der Waals surface area contributed by atoms with Crippen molar-refractivity contribution >= 4 is 13.2 Å². The molecule has 0 N–H and O–H groups in total. The number of methoxy groups -OCH3 is 1. The summed E-state index contributed by atoms with van der Waals surface area (Å²) in [5.41, 5.74) is -0.893. The molecule has 0 radical (unpaired) electrons. The van der Waals surface area contributed by atoms with Crippen LogP contribution in [0.4, 0.5) is 4.39 Å². The maximum Gasteiger partial charge on any atom is 0.525 e. The Kier molecular flexibility index (Phi) is 4.56. The van der Waals surface area contributed by atoms with Crippen LogP contribution in [0.15, 0.2) is 18.1 Å². The molecule has 1 aliphatic heterocycles. The first-order valence-corrected chi connectivity index (χ1v) is 6.99. The summed E-state index contributed by atoms with van der Waals surface area (Å²) in [5, 5.41) is 4.13. The second-order valence-corrected chi connectivity index (χ2v) is 6.15. The van der Waals surface area contributed by atoms with E-state index in [1.165, 1.54) is 6.08 Å². The minimum atomic E-state index is -0.975. The third-order valence-electron chi connectivity index (χ3n) is 3.96. The zero-order chi connectivity index (χ0) is 15.7. The average molecular weight is 296 g/mol. The molecule has 21 heavy (non-hydrogen) atoms. The third kappa shape index (κ3) is 3.54. The Morgan fingerprint density at radius 2 is 2.00 bits per heavy atom. The molecule has 1 aromatic heterocycles. The summed E-state index contributed by atoms with van der Waals surface area (Å²) in [7, 11) is 0.653. The molecule has 0 atom stereocenters. The molecule has 0 amide bonds. The van der Waals surface area contributed by atoms with E-state index in [-0.39, 0.29) is 0 Å². The summed E-state index contributed by atoms with van der Waals surface area (Å²) in [4.78, 5) is 0. The minimum absolute atomic E-state index is 0.458. The molecule has 2 heterocycles. The second-order valence-electron chi connectivity index (χ2n) is 6.15. The molecule has 0 saturated carbocycles. The topological polar surface area (TPSA) is 45.5 Å². The van der Waals surface area contributed by atoms with E-state index in [9.17, 15) is 4.39 Å². The quantitative estimate of drug-likeness (QED) is 0.783. The highest BCUT2D eigenvalue weighted by Crippen LogP contribution is 2.38. The molecule has 0 unspecified atom stereocenters. The fourth-order valence-electron chi connectivity index (χ4n) is 1.94. The lowest BCUT2D eigenvalue weighted by molar-refractivity contribution is 0.00578. The van der Waals surface area contributed by atoms with Gasteiger partial charge in [-0.15, -0.1) is 0 Å². The van der Waals surface area contributed by atoms with Crippen molar-refractivity contribution in [2.75, 3.05) is 13.7 Å². The fourth-order valence-corrected chi connectivity index (χ4v) is 1.94. The number of aromatic nitrogens is 2. The molecule has 116 valence electrons. The lowest BCUT2D eigenvalue weighted by Crippen LogP contribution is -2.41. The van der Waals surface area contributed by atoms with Gasteiger partial charge in [-0.2, -0.15) is 5.10 Å². The van der Waals surface area contributed by atoms with Crippen LogP contribution in [0.25, 0.3) is 6.08 Å². The van der Waals surface area contributed by atoms with Gasteiger partial charge in [0.05, 0.1) is 30.6 Å². The van der Waals surface area contributed by atoms with Gasteiger partial charge in [0.2, 0.25) is 0 Å². The Hall–Kier alpha value is -1.18. The first-order valence-electron chi connectivity index (χ1n) is 6.99. The van der Waals surface area contributed by atoms with E-state index < -0.39 is 24.0 Å². The van der Waals surface area contributed by atoms with Crippen molar-refractivity contribution in [1.29, 1.82) is 0 Å². The summed E-state index contributed by atoms with van der Waals surface area (Å²) >= 11 is 0. The van der Waals surface area contributed by atoms with Crippen LogP contribution in [0.5, 0.6) is 0 Å². The van der Waals surface area contributed by atoms with E-state index in [0.717, 1.165) is 0 Å². The molecule has 0 spiro atoms. The number of hydrogen-bond acceptors (Lipinski definition) is 4. The molecular formula is C14H22BFN2O3. The van der Waals surface area contributed by atoms with E-state index >= 15 is 0 Å². The Morgan fingerprint density at radius 1 is 1.38 bits per heavy atom. The van der Waals surface area contributed by atoms with Crippen LogP contribution < -0.4 is 0 Å². The van der Waals surface area contributed by atoms with Gasteiger partial charge in [0.25, 0.3) is 0 Å². The summed E-state index contributed by atoms with van der Waals surface area (Å²) in [6.45, 7) is 8.76. The highest BCUT2D eigenvalue weighted by molar-refractivity contribution is 6.54. The molecule has 0 bridgehead atoms. The number of nitrogens with zero attached hydrogens (tertiary/aromatic N) is 2. The van der Waals surface area contributed by atoms with Crippen molar-refractivity contribution < 1.29 is 18.4 Å². The van der Waals surface area contributed by atoms with Gasteiger partial charge < -0.3 is 14.0 Å². The highest BCUT2D eigenvalue weighted by atomic mass is 19.1. The lowest BCUT2D eigenvalue weighted by Gasteiger charge is -2.32. The Morgan fingerprint density at radius 3 is 2.57 bits per heavy atom. The van der Waals surface area contributed by atoms with Gasteiger partial charge in [0.15, 0.2) is 0 Å². The van der Waals surface area contributed by atoms with Crippen molar-refractivity contribution in [3.63, 3.8) is 0 Å². The normalized spacial score (nSPS) is 21.0. The number of halogens is 1. The first-order chi connectivity index (χ1) is 9.75. The second kappa shape index (κ2) is 5.91. The number of hydrogen-bond donors (Lipinski definition) is 0. The van der Waals surface area contributed by atoms with Crippen molar-refractivity contribution in [2.45, 2.75) is 45.4 Å². The van der Waals surface area contributed by atoms with Gasteiger partial charge in [-0.1, -0.05) is 0 Å². The monoisotopic (exact) mass is 296 g/mol. The van der Waals surface area contributed by atoms with Crippen LogP contribution in [-0.4, -0.2) is 41.8 Å². The molecule has 0 aromatic carbocycles. The van der Waals surface area contributed by atoms with Crippen LogP contribution >= 0.6 is 0 Å². The smallest absolute Gasteiger partial charge is 0.398 e. The molecule has 2 rings (SSSR count). The van der Waals surface area contributed by atoms with E-state index in [2.05, 4.69) is 5.10 Å². The molecule has 1 fully saturated rings. The van der Waals surface area contributed by atoms with E-state index in [4.69, 9.17) is 14.0 Å². The zero-order valence-corrected chi connectivity index (χ0v) is 13.2. The maximum atomic E-state index is 14.3. The van der Waals surface area contributed by atoms with Crippen LogP contribution in [0, 0.1) is 0 Å². The molecule has 1 saturated heterocycles. The third-order valence-corrected chi connectivity index (χ3v) is 3.96. The minimum Gasteiger partial charge on any atom is -0.398 e. The van der Waals surface area contributed by atoms with E-state index in [1.54, 1.807) is 24.2 Å². The Labute approximate surface area is 125 Å². The van der Waals surface area contributed by atoms with Crippen molar-refractivity contribution in [3.05, 3.63) is 23.7 Å². The molecule has 1 aliphatic rings. The maximum absolute atomic E-state index is 14.3. The largest absolute Gasteiger partial charge is 0.525 e. The van der Waals surface area contributed by atoms with Gasteiger partial charge in [0, 0.05) is 18.9 Å². The Balaban J connectivity index is 2.06. The molecule has 5 nitrogen and oxygen atoms in total.